The van der Waals surface area contributed by atoms with E-state index in [0.717, 1.165) is 5.56 Å². The standard InChI is InChI=1S/C10H14N2O3/c13-8-3-9(11-5-8)10(14)12-4-7-1-2-15-6-7/h1-2,6,8-9,11,13H,3-5H2,(H,12,14). The van der Waals surface area contributed by atoms with Gasteiger partial charge in [-0.05, 0) is 12.5 Å². The minimum absolute atomic E-state index is 0.0762. The van der Waals surface area contributed by atoms with Crippen LogP contribution in [0.5, 0.6) is 0 Å². The van der Waals surface area contributed by atoms with E-state index in [4.69, 9.17) is 4.42 Å². The predicted octanol–water partition coefficient (Wildman–Crippen LogP) is -0.381. The fraction of sp³-hybridized carbons (Fsp3) is 0.500. The van der Waals surface area contributed by atoms with E-state index in [9.17, 15) is 9.90 Å². The SMILES string of the molecule is O=C(NCc1ccoc1)C1CC(O)CN1. The lowest BCUT2D eigenvalue weighted by Crippen LogP contribution is -2.39. The van der Waals surface area contributed by atoms with Crippen LogP contribution in [0, 0.1) is 0 Å². The highest BCUT2D eigenvalue weighted by Crippen LogP contribution is 2.06. The summed E-state index contributed by atoms with van der Waals surface area (Å²) in [5.41, 5.74) is 0.932. The van der Waals surface area contributed by atoms with Gasteiger partial charge in [0.05, 0.1) is 24.7 Å². The number of carbonyl (C=O) groups excluding carboxylic acids is 1. The van der Waals surface area contributed by atoms with Crippen molar-refractivity contribution in [1.82, 2.24) is 10.6 Å². The molecule has 0 saturated carbocycles. The third kappa shape index (κ3) is 2.57. The lowest BCUT2D eigenvalue weighted by atomic mass is 10.2. The van der Waals surface area contributed by atoms with Gasteiger partial charge < -0.3 is 20.2 Å². The molecule has 2 atom stereocenters. The molecular weight excluding hydrogens is 196 g/mol. The summed E-state index contributed by atoms with van der Waals surface area (Å²) in [5.74, 6) is -0.0762. The summed E-state index contributed by atoms with van der Waals surface area (Å²) in [6.07, 6.45) is 3.24. The quantitative estimate of drug-likeness (QED) is 0.635. The Hall–Kier alpha value is -1.33. The van der Waals surface area contributed by atoms with Crippen LogP contribution in [-0.4, -0.2) is 29.7 Å². The summed E-state index contributed by atoms with van der Waals surface area (Å²) in [6, 6.07) is 1.53. The molecule has 1 saturated heterocycles. The molecule has 5 nitrogen and oxygen atoms in total. The van der Waals surface area contributed by atoms with E-state index in [1.807, 2.05) is 0 Å². The summed E-state index contributed by atoms with van der Waals surface area (Å²) in [6.45, 7) is 0.952. The molecule has 0 radical (unpaired) electrons. The molecule has 5 heteroatoms. The molecule has 0 aliphatic carbocycles. The third-order valence-electron chi connectivity index (χ3n) is 2.47. The number of rotatable bonds is 3. The first-order valence-corrected chi connectivity index (χ1v) is 4.96. The van der Waals surface area contributed by atoms with E-state index in [1.165, 1.54) is 0 Å². The fourth-order valence-electron chi connectivity index (χ4n) is 1.62. The Labute approximate surface area is 87.5 Å². The second-order valence-corrected chi connectivity index (χ2v) is 3.70. The predicted molar refractivity (Wildman–Crippen MR) is 53.0 cm³/mol. The Bertz CT molecular complexity index is 323. The number of hydrogen-bond donors (Lipinski definition) is 3. The number of carbonyl (C=O) groups is 1. The summed E-state index contributed by atoms with van der Waals surface area (Å²) in [4.78, 5) is 11.6. The van der Waals surface area contributed by atoms with Crippen LogP contribution in [0.25, 0.3) is 0 Å². The maximum atomic E-state index is 11.6. The van der Waals surface area contributed by atoms with Crippen LogP contribution in [0.4, 0.5) is 0 Å². The van der Waals surface area contributed by atoms with E-state index in [-0.39, 0.29) is 11.9 Å². The van der Waals surface area contributed by atoms with Crippen molar-refractivity contribution in [3.8, 4) is 0 Å². The number of amides is 1. The largest absolute Gasteiger partial charge is 0.472 e. The zero-order valence-corrected chi connectivity index (χ0v) is 8.27. The molecule has 1 aromatic heterocycles. The van der Waals surface area contributed by atoms with Gasteiger partial charge in [0.15, 0.2) is 0 Å². The molecular formula is C10H14N2O3. The Balaban J connectivity index is 1.78. The molecule has 1 amide bonds. The van der Waals surface area contributed by atoms with Gasteiger partial charge in [0.1, 0.15) is 0 Å². The molecule has 0 aromatic carbocycles. The number of aliphatic hydroxyl groups excluding tert-OH is 1. The van der Waals surface area contributed by atoms with Crippen LogP contribution in [0.1, 0.15) is 12.0 Å². The van der Waals surface area contributed by atoms with Crippen molar-refractivity contribution in [2.24, 2.45) is 0 Å². The zero-order chi connectivity index (χ0) is 10.7. The molecule has 1 aliphatic heterocycles. The fourth-order valence-corrected chi connectivity index (χ4v) is 1.62. The van der Waals surface area contributed by atoms with Crippen molar-refractivity contribution in [3.05, 3.63) is 24.2 Å². The van der Waals surface area contributed by atoms with Crippen molar-refractivity contribution in [2.75, 3.05) is 6.54 Å². The first kappa shape index (κ1) is 10.2. The Morgan fingerprint density at radius 3 is 3.20 bits per heavy atom. The van der Waals surface area contributed by atoms with Crippen LogP contribution in [0.15, 0.2) is 23.0 Å². The van der Waals surface area contributed by atoms with Gasteiger partial charge in [-0.3, -0.25) is 4.79 Å². The second-order valence-electron chi connectivity index (χ2n) is 3.70. The molecule has 3 N–H and O–H groups in total. The van der Waals surface area contributed by atoms with E-state index in [0.29, 0.717) is 19.5 Å². The molecule has 0 bridgehead atoms. The van der Waals surface area contributed by atoms with Crippen molar-refractivity contribution in [2.45, 2.75) is 25.1 Å². The second kappa shape index (κ2) is 4.46. The molecule has 15 heavy (non-hydrogen) atoms. The zero-order valence-electron chi connectivity index (χ0n) is 8.27. The Morgan fingerprint density at radius 2 is 2.60 bits per heavy atom. The molecule has 0 spiro atoms. The van der Waals surface area contributed by atoms with Gasteiger partial charge in [0, 0.05) is 18.7 Å². The first-order valence-electron chi connectivity index (χ1n) is 4.96. The van der Waals surface area contributed by atoms with Gasteiger partial charge in [-0.2, -0.15) is 0 Å². The maximum Gasteiger partial charge on any atom is 0.237 e. The van der Waals surface area contributed by atoms with Crippen LogP contribution in [-0.2, 0) is 11.3 Å². The number of β-amino-alcohol motifs (C(OH)–C–C–N with tert-alkyl or cyclic N) is 1. The van der Waals surface area contributed by atoms with Crippen LogP contribution in [0.2, 0.25) is 0 Å². The lowest BCUT2D eigenvalue weighted by molar-refractivity contribution is -0.123. The Morgan fingerprint density at radius 1 is 1.73 bits per heavy atom. The molecule has 1 aliphatic rings. The molecule has 1 fully saturated rings. The van der Waals surface area contributed by atoms with Gasteiger partial charge in [0.25, 0.3) is 0 Å². The number of aliphatic hydroxyl groups is 1. The topological polar surface area (TPSA) is 74.5 Å². The van der Waals surface area contributed by atoms with Gasteiger partial charge >= 0.3 is 0 Å². The monoisotopic (exact) mass is 210 g/mol. The van der Waals surface area contributed by atoms with E-state index in [2.05, 4.69) is 10.6 Å². The molecule has 1 aromatic rings. The third-order valence-corrected chi connectivity index (χ3v) is 2.47. The van der Waals surface area contributed by atoms with E-state index in [1.54, 1.807) is 18.6 Å². The maximum absolute atomic E-state index is 11.6. The highest BCUT2D eigenvalue weighted by molar-refractivity contribution is 5.82. The first-order chi connectivity index (χ1) is 7.25. The summed E-state index contributed by atoms with van der Waals surface area (Å²) >= 11 is 0. The van der Waals surface area contributed by atoms with Crippen LogP contribution in [0.3, 0.4) is 0 Å². The normalized spacial score (nSPS) is 25.4. The van der Waals surface area contributed by atoms with E-state index >= 15 is 0 Å². The minimum Gasteiger partial charge on any atom is -0.472 e. The number of nitrogens with one attached hydrogen (secondary N) is 2. The highest BCUT2D eigenvalue weighted by Gasteiger charge is 2.27. The summed E-state index contributed by atoms with van der Waals surface area (Å²) in [5, 5.41) is 15.0. The van der Waals surface area contributed by atoms with Crippen molar-refractivity contribution in [1.29, 1.82) is 0 Å². The van der Waals surface area contributed by atoms with Gasteiger partial charge in [0.2, 0.25) is 5.91 Å². The van der Waals surface area contributed by atoms with Crippen molar-refractivity contribution in [3.63, 3.8) is 0 Å². The van der Waals surface area contributed by atoms with Crippen molar-refractivity contribution >= 4 is 5.91 Å². The summed E-state index contributed by atoms with van der Waals surface area (Å²) in [7, 11) is 0. The number of furan rings is 1. The number of hydrogen-bond acceptors (Lipinski definition) is 4. The Kier molecular flexibility index (Phi) is 3.03. The van der Waals surface area contributed by atoms with Gasteiger partial charge in [-0.25, -0.2) is 0 Å². The molecule has 2 heterocycles. The molecule has 2 rings (SSSR count). The van der Waals surface area contributed by atoms with Gasteiger partial charge in [-0.1, -0.05) is 0 Å². The summed E-state index contributed by atoms with van der Waals surface area (Å²) < 4.78 is 4.88. The van der Waals surface area contributed by atoms with E-state index < -0.39 is 6.10 Å². The molecule has 2 unspecified atom stereocenters. The van der Waals surface area contributed by atoms with Crippen molar-refractivity contribution < 1.29 is 14.3 Å². The smallest absolute Gasteiger partial charge is 0.237 e. The van der Waals surface area contributed by atoms with Crippen LogP contribution >= 0.6 is 0 Å². The van der Waals surface area contributed by atoms with Gasteiger partial charge in [-0.15, -0.1) is 0 Å². The molecule has 82 valence electrons. The lowest BCUT2D eigenvalue weighted by Gasteiger charge is -2.09. The van der Waals surface area contributed by atoms with Crippen LogP contribution < -0.4 is 10.6 Å². The highest BCUT2D eigenvalue weighted by atomic mass is 16.3. The average Bonchev–Trinajstić information content (AvgIpc) is 2.84. The average molecular weight is 210 g/mol. The minimum atomic E-state index is -0.408.